The Labute approximate surface area is 62.1 Å². The summed E-state index contributed by atoms with van der Waals surface area (Å²) in [5, 5.41) is 3.72. The molecular weight excluding hydrogens is 128 g/mol. The van der Waals surface area contributed by atoms with Crippen LogP contribution in [0.4, 0.5) is 0 Å². The summed E-state index contributed by atoms with van der Waals surface area (Å²) in [5.41, 5.74) is 4.50. The summed E-state index contributed by atoms with van der Waals surface area (Å²) in [6, 6.07) is 0. The Hall–Kier alpha value is -0.900. The Morgan fingerprint density at radius 3 is 1.90 bits per heavy atom. The topological polar surface area (TPSA) is 56.7 Å². The van der Waals surface area contributed by atoms with Gasteiger partial charge in [0.25, 0.3) is 0 Å². The van der Waals surface area contributed by atoms with Gasteiger partial charge in [0, 0.05) is 7.05 Å². The second-order valence-electron chi connectivity index (χ2n) is 1.07. The minimum atomic E-state index is 1.50. The van der Waals surface area contributed by atoms with Crippen LogP contribution < -0.4 is 5.73 Å². The van der Waals surface area contributed by atoms with Crippen molar-refractivity contribution < 1.29 is 0 Å². The van der Waals surface area contributed by atoms with Gasteiger partial charge in [-0.2, -0.15) is 5.10 Å². The molecule has 1 rings (SSSR count). The molecule has 1 heterocycles. The van der Waals surface area contributed by atoms with E-state index in [1.54, 1.807) is 11.0 Å². The number of nitrogens with two attached hydrogens (primary N) is 1. The van der Waals surface area contributed by atoms with Crippen molar-refractivity contribution in [2.75, 3.05) is 7.05 Å². The minimum absolute atomic E-state index is 1.50. The van der Waals surface area contributed by atoms with Gasteiger partial charge in [-0.15, -0.1) is 0 Å². The lowest BCUT2D eigenvalue weighted by molar-refractivity contribution is 0.765. The molecule has 0 aliphatic heterocycles. The summed E-state index contributed by atoms with van der Waals surface area (Å²) < 4.78 is 1.64. The van der Waals surface area contributed by atoms with Gasteiger partial charge in [-0.1, -0.05) is 13.8 Å². The Kier molecular flexibility index (Phi) is 13.0. The molecule has 2 N–H and O–H groups in total. The molecule has 10 heavy (non-hydrogen) atoms. The summed E-state index contributed by atoms with van der Waals surface area (Å²) in [5.74, 6) is 0. The van der Waals surface area contributed by atoms with Gasteiger partial charge in [-0.25, -0.2) is 4.98 Å². The van der Waals surface area contributed by atoms with Crippen molar-refractivity contribution in [3.63, 3.8) is 0 Å². The fourth-order valence-corrected chi connectivity index (χ4v) is 0.267. The summed E-state index contributed by atoms with van der Waals surface area (Å²) in [6.45, 7) is 4.00. The van der Waals surface area contributed by atoms with Crippen molar-refractivity contribution in [1.29, 1.82) is 0 Å². The van der Waals surface area contributed by atoms with Crippen molar-refractivity contribution in [2.45, 2.75) is 13.8 Å². The quantitative estimate of drug-likeness (QED) is 0.574. The molecule has 0 saturated carbocycles. The van der Waals surface area contributed by atoms with Gasteiger partial charge < -0.3 is 5.73 Å². The zero-order valence-electron chi connectivity index (χ0n) is 7.07. The maximum absolute atomic E-state index is 4.50. The number of rotatable bonds is 0. The van der Waals surface area contributed by atoms with Crippen molar-refractivity contribution in [1.82, 2.24) is 14.8 Å². The van der Waals surface area contributed by atoms with Crippen LogP contribution in [-0.4, -0.2) is 21.8 Å². The van der Waals surface area contributed by atoms with E-state index < -0.39 is 0 Å². The third-order valence-electron chi connectivity index (χ3n) is 0.534. The predicted octanol–water partition coefficient (Wildman–Crippen LogP) is 0.416. The largest absolute Gasteiger partial charge is 0.333 e. The zero-order valence-corrected chi connectivity index (χ0v) is 7.07. The summed E-state index contributed by atoms with van der Waals surface area (Å²) in [6.07, 6.45) is 3.14. The molecule has 0 fully saturated rings. The molecule has 0 aromatic carbocycles. The highest BCUT2D eigenvalue weighted by molar-refractivity contribution is 4.49. The van der Waals surface area contributed by atoms with Crippen LogP contribution in [-0.2, 0) is 7.05 Å². The molecule has 1 aromatic rings. The van der Waals surface area contributed by atoms with Gasteiger partial charge in [0.1, 0.15) is 12.7 Å². The lowest BCUT2D eigenvalue weighted by Crippen LogP contribution is -1.83. The second kappa shape index (κ2) is 11.0. The van der Waals surface area contributed by atoms with Crippen molar-refractivity contribution in [3.05, 3.63) is 12.7 Å². The van der Waals surface area contributed by atoms with Crippen LogP contribution in [0.2, 0.25) is 0 Å². The lowest BCUT2D eigenvalue weighted by atomic mass is 11.0. The number of aromatic nitrogens is 3. The zero-order chi connectivity index (χ0) is 8.41. The van der Waals surface area contributed by atoms with E-state index >= 15 is 0 Å². The highest BCUT2D eigenvalue weighted by Gasteiger charge is 1.70. The van der Waals surface area contributed by atoms with E-state index in [4.69, 9.17) is 0 Å². The molecule has 0 bridgehead atoms. The Morgan fingerprint density at radius 1 is 1.30 bits per heavy atom. The van der Waals surface area contributed by atoms with Crippen molar-refractivity contribution >= 4 is 0 Å². The molecule has 0 aliphatic rings. The standard InChI is InChI=1S/C3H5N3.C2H6.CH5N/c1-6-3-4-2-5-6;2*1-2/h2-3H,1H3;1-2H3;2H2,1H3. The monoisotopic (exact) mass is 144 g/mol. The maximum atomic E-state index is 4.50. The number of aryl methyl sites for hydroxylation is 1. The molecule has 60 valence electrons. The third-order valence-corrected chi connectivity index (χ3v) is 0.534. The van der Waals surface area contributed by atoms with Crippen LogP contribution in [0.3, 0.4) is 0 Å². The molecule has 1 aromatic heterocycles. The summed E-state index contributed by atoms with van der Waals surface area (Å²) in [7, 11) is 3.33. The van der Waals surface area contributed by atoms with E-state index in [9.17, 15) is 0 Å². The average Bonchev–Trinajstić information content (AvgIpc) is 2.48. The van der Waals surface area contributed by atoms with Crippen LogP contribution in [0.1, 0.15) is 13.8 Å². The molecule has 0 spiro atoms. The molecule has 0 atom stereocenters. The van der Waals surface area contributed by atoms with Crippen LogP contribution in [0.15, 0.2) is 12.7 Å². The van der Waals surface area contributed by atoms with Gasteiger partial charge in [-0.05, 0) is 7.05 Å². The first-order valence-corrected chi connectivity index (χ1v) is 3.26. The Morgan fingerprint density at radius 2 is 1.80 bits per heavy atom. The Balaban J connectivity index is 0. The van der Waals surface area contributed by atoms with Gasteiger partial charge in [0.15, 0.2) is 0 Å². The summed E-state index contributed by atoms with van der Waals surface area (Å²) >= 11 is 0. The second-order valence-corrected chi connectivity index (χ2v) is 1.07. The van der Waals surface area contributed by atoms with Crippen LogP contribution in [0.25, 0.3) is 0 Å². The molecule has 0 radical (unpaired) electrons. The first-order valence-electron chi connectivity index (χ1n) is 3.26. The normalized spacial score (nSPS) is 6.50. The van der Waals surface area contributed by atoms with E-state index in [0.717, 1.165) is 0 Å². The van der Waals surface area contributed by atoms with Crippen molar-refractivity contribution in [3.8, 4) is 0 Å². The predicted molar refractivity (Wildman–Crippen MR) is 42.5 cm³/mol. The highest BCUT2D eigenvalue weighted by atomic mass is 15.3. The van der Waals surface area contributed by atoms with E-state index in [0.29, 0.717) is 0 Å². The smallest absolute Gasteiger partial charge is 0.137 e. The lowest BCUT2D eigenvalue weighted by Gasteiger charge is -1.74. The van der Waals surface area contributed by atoms with E-state index in [-0.39, 0.29) is 0 Å². The molecule has 4 heteroatoms. The SMILES string of the molecule is CC.CN.Cn1cncn1. The minimum Gasteiger partial charge on any atom is -0.333 e. The first-order chi connectivity index (χ1) is 4.89. The first kappa shape index (κ1) is 11.8. The van der Waals surface area contributed by atoms with Gasteiger partial charge in [-0.3, -0.25) is 4.68 Å². The fourth-order valence-electron chi connectivity index (χ4n) is 0.267. The number of hydrogen-bond acceptors (Lipinski definition) is 3. The number of nitrogens with zero attached hydrogens (tertiary/aromatic N) is 3. The van der Waals surface area contributed by atoms with E-state index in [2.05, 4.69) is 15.8 Å². The molecule has 0 aliphatic carbocycles. The van der Waals surface area contributed by atoms with Crippen molar-refractivity contribution in [2.24, 2.45) is 12.8 Å². The molecular formula is C6H16N4. The highest BCUT2D eigenvalue weighted by Crippen LogP contribution is 1.64. The fraction of sp³-hybridized carbons (Fsp3) is 0.667. The maximum Gasteiger partial charge on any atom is 0.137 e. The summed E-state index contributed by atoms with van der Waals surface area (Å²) in [4.78, 5) is 3.67. The van der Waals surface area contributed by atoms with Crippen LogP contribution in [0.5, 0.6) is 0 Å². The number of hydrogen-bond donors (Lipinski definition) is 1. The Bertz CT molecular complexity index is 113. The average molecular weight is 144 g/mol. The van der Waals surface area contributed by atoms with Gasteiger partial charge in [0.2, 0.25) is 0 Å². The molecule has 0 saturated heterocycles. The van der Waals surface area contributed by atoms with Gasteiger partial charge in [0.05, 0.1) is 0 Å². The van der Waals surface area contributed by atoms with E-state index in [1.165, 1.54) is 13.4 Å². The van der Waals surface area contributed by atoms with Gasteiger partial charge >= 0.3 is 0 Å². The third kappa shape index (κ3) is 7.10. The van der Waals surface area contributed by atoms with Crippen LogP contribution in [0, 0.1) is 0 Å². The molecule has 0 unspecified atom stereocenters. The van der Waals surface area contributed by atoms with Crippen LogP contribution >= 0.6 is 0 Å². The molecule has 0 amide bonds. The van der Waals surface area contributed by atoms with E-state index in [1.807, 2.05) is 20.9 Å². The molecule has 4 nitrogen and oxygen atoms in total.